The molecule has 2 atom stereocenters. The predicted molar refractivity (Wildman–Crippen MR) is 141 cm³/mol. The monoisotopic (exact) mass is 547 g/mol. The highest BCUT2D eigenvalue weighted by atomic mass is 35.5. The van der Waals surface area contributed by atoms with E-state index in [4.69, 9.17) is 22.3 Å². The number of benzene rings is 1. The van der Waals surface area contributed by atoms with Gasteiger partial charge in [-0.2, -0.15) is 4.98 Å². The van der Waals surface area contributed by atoms with Crippen LogP contribution in [0.2, 0.25) is 5.02 Å². The number of carbonyl (C=O) groups is 1. The van der Waals surface area contributed by atoms with Crippen LogP contribution in [0.3, 0.4) is 0 Å². The molecule has 3 aromatic rings. The summed E-state index contributed by atoms with van der Waals surface area (Å²) in [5.74, 6) is -1.69. The number of aliphatic hydroxyl groups excluding tert-OH is 1. The van der Waals surface area contributed by atoms with E-state index in [1.54, 1.807) is 6.20 Å². The Morgan fingerprint density at radius 2 is 1.92 bits per heavy atom. The van der Waals surface area contributed by atoms with Crippen molar-refractivity contribution in [3.05, 3.63) is 35.0 Å². The minimum atomic E-state index is -0.921. The zero-order chi connectivity index (χ0) is 27.2. The highest BCUT2D eigenvalue weighted by Gasteiger charge is 2.35. The number of carbonyl (C=O) groups excluding carboxylic acids is 1. The summed E-state index contributed by atoms with van der Waals surface area (Å²) in [6.45, 7) is 4.12. The number of hydrogen-bond donors (Lipinski definition) is 4. The molecule has 0 spiro atoms. The van der Waals surface area contributed by atoms with Gasteiger partial charge >= 0.3 is 0 Å². The second kappa shape index (κ2) is 10.3. The first-order chi connectivity index (χ1) is 18.0. The molecular weight excluding hydrogens is 516 g/mol. The summed E-state index contributed by atoms with van der Waals surface area (Å²) in [6.07, 6.45) is 5.83. The number of amides is 1. The number of anilines is 3. The molecule has 0 unspecified atom stereocenters. The Morgan fingerprint density at radius 3 is 2.61 bits per heavy atom. The van der Waals surface area contributed by atoms with Crippen LogP contribution in [0.1, 0.15) is 64.8 Å². The summed E-state index contributed by atoms with van der Waals surface area (Å²) in [4.78, 5) is 25.4. The van der Waals surface area contributed by atoms with E-state index in [0.717, 1.165) is 25.0 Å². The van der Waals surface area contributed by atoms with Crippen molar-refractivity contribution < 1.29 is 18.7 Å². The second-order valence-corrected chi connectivity index (χ2v) is 11.5. The van der Waals surface area contributed by atoms with E-state index in [2.05, 4.69) is 34.4 Å². The number of hydrogen-bond acceptors (Lipinski definition) is 7. The van der Waals surface area contributed by atoms with Crippen molar-refractivity contribution in [2.45, 2.75) is 77.0 Å². The number of aliphatic hydroxyl groups is 1. The van der Waals surface area contributed by atoms with Crippen LogP contribution in [0.15, 0.2) is 18.3 Å². The molecule has 2 heterocycles. The van der Waals surface area contributed by atoms with Gasteiger partial charge in [0.15, 0.2) is 11.5 Å². The largest absolute Gasteiger partial charge is 0.392 e. The Hall–Kier alpha value is -3.05. The highest BCUT2D eigenvalue weighted by molar-refractivity contribution is 6.31. The molecule has 2 aromatic heterocycles. The number of primary amides is 1. The lowest BCUT2D eigenvalue weighted by Crippen LogP contribution is -2.41. The minimum Gasteiger partial charge on any atom is -0.392 e. The van der Waals surface area contributed by atoms with Gasteiger partial charge in [0.2, 0.25) is 17.8 Å². The summed E-state index contributed by atoms with van der Waals surface area (Å²) >= 11 is 5.91. The van der Waals surface area contributed by atoms with E-state index in [9.17, 15) is 18.7 Å². The van der Waals surface area contributed by atoms with Crippen LogP contribution in [0.4, 0.5) is 26.4 Å². The van der Waals surface area contributed by atoms with E-state index in [1.165, 1.54) is 0 Å². The lowest BCUT2D eigenvalue weighted by Gasteiger charge is -2.39. The topological polar surface area (TPSA) is 131 Å². The molecule has 2 aliphatic rings. The standard InChI is InChI=1S/C26H32ClF2N7O2/c1-26(2)10-9-14(11-19(26)37)32-24-31-12-18-23(35-24)36(15-5-3-13(4-6-15)22(30)38)25(33-18)34-21-17(28)8-7-16(27)20(21)29/h7-8,12-15,19,37H,3-6,9-11H2,1-2H3,(H2,30,38)(H,33,34)(H,31,32,35)/t13?,14-,15?,19-/m1/s1. The lowest BCUT2D eigenvalue weighted by molar-refractivity contribution is -0.122. The Balaban J connectivity index is 1.50. The Kier molecular flexibility index (Phi) is 7.17. The number of rotatable bonds is 6. The zero-order valence-electron chi connectivity index (χ0n) is 21.3. The molecule has 5 rings (SSSR count). The van der Waals surface area contributed by atoms with E-state index in [-0.39, 0.29) is 40.3 Å². The predicted octanol–water partition coefficient (Wildman–Crippen LogP) is 5.07. The number of nitrogens with zero attached hydrogens (tertiary/aromatic N) is 4. The fourth-order valence-electron chi connectivity index (χ4n) is 5.50. The molecule has 38 heavy (non-hydrogen) atoms. The molecule has 0 aliphatic heterocycles. The number of nitrogens with two attached hydrogens (primary N) is 1. The van der Waals surface area contributed by atoms with Crippen LogP contribution in [0.5, 0.6) is 0 Å². The van der Waals surface area contributed by atoms with Crippen LogP contribution in [-0.4, -0.2) is 42.7 Å². The van der Waals surface area contributed by atoms with Crippen LogP contribution >= 0.6 is 11.6 Å². The van der Waals surface area contributed by atoms with Crippen molar-refractivity contribution in [2.75, 3.05) is 10.6 Å². The van der Waals surface area contributed by atoms with Crippen molar-refractivity contribution in [1.29, 1.82) is 0 Å². The minimum absolute atomic E-state index is 0.00472. The summed E-state index contributed by atoms with van der Waals surface area (Å²) < 4.78 is 31.2. The lowest BCUT2D eigenvalue weighted by atomic mass is 9.73. The van der Waals surface area contributed by atoms with Crippen molar-refractivity contribution >= 4 is 46.3 Å². The average Bonchev–Trinajstić information content (AvgIpc) is 3.24. The summed E-state index contributed by atoms with van der Waals surface area (Å²) in [5, 5.41) is 16.4. The summed E-state index contributed by atoms with van der Waals surface area (Å²) in [6, 6.07) is 2.10. The normalized spacial score (nSPS) is 25.3. The van der Waals surface area contributed by atoms with E-state index < -0.39 is 23.4 Å². The van der Waals surface area contributed by atoms with Gasteiger partial charge in [-0.05, 0) is 62.5 Å². The van der Waals surface area contributed by atoms with Crippen molar-refractivity contribution in [3.63, 3.8) is 0 Å². The van der Waals surface area contributed by atoms with E-state index in [0.29, 0.717) is 49.2 Å². The van der Waals surface area contributed by atoms with Crippen LogP contribution < -0.4 is 16.4 Å². The van der Waals surface area contributed by atoms with Gasteiger partial charge < -0.3 is 21.5 Å². The third-order valence-electron chi connectivity index (χ3n) is 8.06. The van der Waals surface area contributed by atoms with Gasteiger partial charge in [-0.3, -0.25) is 9.36 Å². The quantitative estimate of drug-likeness (QED) is 0.317. The molecule has 2 aliphatic carbocycles. The van der Waals surface area contributed by atoms with Crippen molar-refractivity contribution in [1.82, 2.24) is 19.5 Å². The summed E-state index contributed by atoms with van der Waals surface area (Å²) in [5.41, 5.74) is 5.91. The maximum absolute atomic E-state index is 14.7. The smallest absolute Gasteiger partial charge is 0.224 e. The Bertz CT molecular complexity index is 1360. The van der Waals surface area contributed by atoms with Gasteiger partial charge in [-0.1, -0.05) is 25.4 Å². The Labute approximate surface area is 224 Å². The van der Waals surface area contributed by atoms with E-state index in [1.807, 2.05) is 4.57 Å². The first-order valence-corrected chi connectivity index (χ1v) is 13.3. The molecule has 1 amide bonds. The first-order valence-electron chi connectivity index (χ1n) is 12.9. The maximum Gasteiger partial charge on any atom is 0.224 e. The number of aromatic nitrogens is 4. The molecule has 0 radical (unpaired) electrons. The molecule has 12 heteroatoms. The molecule has 2 fully saturated rings. The maximum atomic E-state index is 14.7. The average molecular weight is 548 g/mol. The number of imidazole rings is 1. The van der Waals surface area contributed by atoms with Gasteiger partial charge in [-0.25, -0.2) is 18.7 Å². The summed E-state index contributed by atoms with van der Waals surface area (Å²) in [7, 11) is 0. The molecular formula is C26H32ClF2N7O2. The van der Waals surface area contributed by atoms with Gasteiger partial charge in [0.25, 0.3) is 0 Å². The van der Waals surface area contributed by atoms with Gasteiger partial charge in [0.05, 0.1) is 17.3 Å². The van der Waals surface area contributed by atoms with Gasteiger partial charge in [0.1, 0.15) is 17.0 Å². The molecule has 0 saturated heterocycles. The third kappa shape index (κ3) is 5.13. The van der Waals surface area contributed by atoms with Crippen LogP contribution in [0, 0.1) is 23.0 Å². The molecule has 9 nitrogen and oxygen atoms in total. The van der Waals surface area contributed by atoms with Crippen LogP contribution in [0.25, 0.3) is 11.2 Å². The molecule has 5 N–H and O–H groups in total. The molecule has 204 valence electrons. The van der Waals surface area contributed by atoms with E-state index >= 15 is 0 Å². The fraction of sp³-hybridized carbons (Fsp3) is 0.538. The third-order valence-corrected chi connectivity index (χ3v) is 8.35. The first kappa shape index (κ1) is 26.6. The van der Waals surface area contributed by atoms with Gasteiger partial charge in [-0.15, -0.1) is 0 Å². The SMILES string of the molecule is CC1(C)CC[C@@H](Nc2ncc3nc(Nc4c(F)ccc(Cl)c4F)n(C4CCC(C(N)=O)CC4)c3n2)C[C@H]1O. The zero-order valence-corrected chi connectivity index (χ0v) is 22.1. The molecule has 2 saturated carbocycles. The number of fused-ring (bicyclic) bond motifs is 1. The van der Waals surface area contributed by atoms with Crippen molar-refractivity contribution in [3.8, 4) is 0 Å². The van der Waals surface area contributed by atoms with Crippen molar-refractivity contribution in [2.24, 2.45) is 17.1 Å². The Morgan fingerprint density at radius 1 is 1.18 bits per heavy atom. The highest BCUT2D eigenvalue weighted by Crippen LogP contribution is 2.39. The second-order valence-electron chi connectivity index (χ2n) is 11.1. The molecule has 0 bridgehead atoms. The van der Waals surface area contributed by atoms with Crippen LogP contribution in [-0.2, 0) is 4.79 Å². The number of halogens is 3. The van der Waals surface area contributed by atoms with Gasteiger partial charge in [0, 0.05) is 18.0 Å². The molecule has 1 aromatic carbocycles. The number of nitrogens with one attached hydrogen (secondary N) is 2. The fourth-order valence-corrected chi connectivity index (χ4v) is 5.66.